The van der Waals surface area contributed by atoms with Crippen molar-refractivity contribution in [2.75, 3.05) is 0 Å². The average molecular weight is 224 g/mol. The second-order valence-corrected chi connectivity index (χ2v) is 3.93. The van der Waals surface area contributed by atoms with Gasteiger partial charge < -0.3 is 0 Å². The van der Waals surface area contributed by atoms with Crippen LogP contribution in [0.3, 0.4) is 0 Å². The van der Waals surface area contributed by atoms with E-state index in [2.05, 4.69) is 41.2 Å². The third kappa shape index (κ3) is 3.00. The zero-order chi connectivity index (χ0) is 12.1. The topological polar surface area (TPSA) is 25.8 Å². The van der Waals surface area contributed by atoms with E-state index in [9.17, 15) is 0 Å². The van der Waals surface area contributed by atoms with Gasteiger partial charge in [0, 0.05) is 6.20 Å². The second kappa shape index (κ2) is 5.39. The van der Waals surface area contributed by atoms with Crippen LogP contribution in [0.15, 0.2) is 36.5 Å². The van der Waals surface area contributed by atoms with Crippen LogP contribution in [0.4, 0.5) is 0 Å². The first kappa shape index (κ1) is 11.5. The lowest BCUT2D eigenvalue weighted by atomic mass is 10.1. The molecule has 17 heavy (non-hydrogen) atoms. The summed E-state index contributed by atoms with van der Waals surface area (Å²) in [5, 5.41) is 0. The van der Waals surface area contributed by atoms with Crippen molar-refractivity contribution in [1.82, 2.24) is 9.97 Å². The molecule has 0 amide bonds. The van der Waals surface area contributed by atoms with E-state index in [1.54, 1.807) is 0 Å². The van der Waals surface area contributed by atoms with Crippen LogP contribution < -0.4 is 0 Å². The van der Waals surface area contributed by atoms with Gasteiger partial charge >= 0.3 is 0 Å². The molecule has 0 spiro atoms. The average Bonchev–Trinajstić information content (AvgIpc) is 2.38. The normalized spacial score (nSPS) is 10.9. The maximum absolute atomic E-state index is 4.46. The Balaban J connectivity index is 2.29. The molecule has 0 bridgehead atoms. The van der Waals surface area contributed by atoms with Crippen LogP contribution in [-0.2, 0) is 6.42 Å². The highest BCUT2D eigenvalue weighted by Crippen LogP contribution is 2.11. The van der Waals surface area contributed by atoms with Crippen LogP contribution in [0.25, 0.3) is 12.2 Å². The Morgan fingerprint density at radius 1 is 1.12 bits per heavy atom. The molecule has 1 heterocycles. The number of benzene rings is 1. The summed E-state index contributed by atoms with van der Waals surface area (Å²) in [5.74, 6) is 0.815. The molecule has 0 saturated carbocycles. The van der Waals surface area contributed by atoms with Gasteiger partial charge in [-0.1, -0.05) is 43.3 Å². The maximum atomic E-state index is 4.46. The predicted molar refractivity (Wildman–Crippen MR) is 71.5 cm³/mol. The zero-order valence-corrected chi connectivity index (χ0v) is 10.2. The molecule has 2 rings (SSSR count). The Morgan fingerprint density at radius 2 is 1.88 bits per heavy atom. The molecule has 86 valence electrons. The summed E-state index contributed by atoms with van der Waals surface area (Å²) in [6, 6.07) is 10.2. The van der Waals surface area contributed by atoms with E-state index in [0.717, 1.165) is 17.9 Å². The van der Waals surface area contributed by atoms with Crippen LogP contribution in [0, 0.1) is 6.92 Å². The molecule has 1 aromatic carbocycles. The van der Waals surface area contributed by atoms with E-state index >= 15 is 0 Å². The maximum Gasteiger partial charge on any atom is 0.125 e. The summed E-state index contributed by atoms with van der Waals surface area (Å²) in [6.07, 6.45) is 7.01. The van der Waals surface area contributed by atoms with Crippen molar-refractivity contribution in [2.45, 2.75) is 20.3 Å². The minimum absolute atomic E-state index is 0.815. The summed E-state index contributed by atoms with van der Waals surface area (Å²) in [4.78, 5) is 8.68. The number of nitrogens with zero attached hydrogens (tertiary/aromatic N) is 2. The summed E-state index contributed by atoms with van der Waals surface area (Å²) < 4.78 is 0. The van der Waals surface area contributed by atoms with Gasteiger partial charge in [-0.3, -0.25) is 0 Å². The fourth-order valence-corrected chi connectivity index (χ4v) is 1.67. The van der Waals surface area contributed by atoms with Crippen molar-refractivity contribution >= 4 is 12.2 Å². The second-order valence-electron chi connectivity index (χ2n) is 3.93. The highest BCUT2D eigenvalue weighted by atomic mass is 14.9. The molecule has 0 radical (unpaired) electrons. The molecular formula is C15H16N2. The highest BCUT2D eigenvalue weighted by Gasteiger charge is 1.99. The lowest BCUT2D eigenvalue weighted by Crippen LogP contribution is -1.96. The van der Waals surface area contributed by atoms with Crippen LogP contribution in [-0.4, -0.2) is 9.97 Å². The molecule has 2 nitrogen and oxygen atoms in total. The Hall–Kier alpha value is -1.96. The summed E-state index contributed by atoms with van der Waals surface area (Å²) in [5.41, 5.74) is 3.39. The number of hydrogen-bond donors (Lipinski definition) is 0. The minimum Gasteiger partial charge on any atom is -0.241 e. The first-order valence-corrected chi connectivity index (χ1v) is 5.85. The first-order valence-electron chi connectivity index (χ1n) is 5.85. The fraction of sp³-hybridized carbons (Fsp3) is 0.200. The van der Waals surface area contributed by atoms with Crippen molar-refractivity contribution in [3.8, 4) is 0 Å². The Kier molecular flexibility index (Phi) is 3.66. The summed E-state index contributed by atoms with van der Waals surface area (Å²) in [7, 11) is 0. The van der Waals surface area contributed by atoms with Crippen molar-refractivity contribution in [3.05, 3.63) is 59.2 Å². The predicted octanol–water partition coefficient (Wildman–Crippen LogP) is 3.52. The smallest absolute Gasteiger partial charge is 0.125 e. The van der Waals surface area contributed by atoms with Gasteiger partial charge in [0.2, 0.25) is 0 Å². The minimum atomic E-state index is 0.815. The largest absolute Gasteiger partial charge is 0.241 e. The van der Waals surface area contributed by atoms with Crippen molar-refractivity contribution in [1.29, 1.82) is 0 Å². The number of aryl methyl sites for hydroxylation is 2. The molecule has 0 N–H and O–H groups in total. The van der Waals surface area contributed by atoms with Gasteiger partial charge in [0.1, 0.15) is 5.82 Å². The third-order valence-corrected chi connectivity index (χ3v) is 2.63. The van der Waals surface area contributed by atoms with Crippen molar-refractivity contribution in [2.24, 2.45) is 0 Å². The van der Waals surface area contributed by atoms with Gasteiger partial charge in [0.15, 0.2) is 0 Å². The molecular weight excluding hydrogens is 208 g/mol. The van der Waals surface area contributed by atoms with Crippen molar-refractivity contribution < 1.29 is 0 Å². The van der Waals surface area contributed by atoms with Gasteiger partial charge in [0.05, 0.1) is 5.69 Å². The number of aromatic nitrogens is 2. The molecule has 0 saturated heterocycles. The zero-order valence-electron chi connectivity index (χ0n) is 10.2. The van der Waals surface area contributed by atoms with Crippen molar-refractivity contribution in [3.63, 3.8) is 0 Å². The summed E-state index contributed by atoms with van der Waals surface area (Å²) in [6.45, 7) is 4.03. The molecule has 0 aliphatic carbocycles. The van der Waals surface area contributed by atoms with E-state index in [1.807, 2.05) is 31.3 Å². The van der Waals surface area contributed by atoms with Gasteiger partial charge in [-0.05, 0) is 30.5 Å². The lowest BCUT2D eigenvalue weighted by molar-refractivity contribution is 0.978. The van der Waals surface area contributed by atoms with Crippen LogP contribution in [0.2, 0.25) is 0 Å². The van der Waals surface area contributed by atoms with Gasteiger partial charge in [0.25, 0.3) is 0 Å². The number of rotatable bonds is 3. The van der Waals surface area contributed by atoms with E-state index in [1.165, 1.54) is 11.1 Å². The third-order valence-electron chi connectivity index (χ3n) is 2.63. The molecule has 2 heteroatoms. The Labute approximate surface area is 102 Å². The van der Waals surface area contributed by atoms with Gasteiger partial charge in [-0.15, -0.1) is 0 Å². The van der Waals surface area contributed by atoms with Crippen LogP contribution in [0.1, 0.15) is 29.6 Å². The fourth-order valence-electron chi connectivity index (χ4n) is 1.67. The van der Waals surface area contributed by atoms with E-state index in [0.29, 0.717) is 0 Å². The lowest BCUT2D eigenvalue weighted by Gasteiger charge is -2.02. The first-order chi connectivity index (χ1) is 8.29. The summed E-state index contributed by atoms with van der Waals surface area (Å²) >= 11 is 0. The molecule has 0 fully saturated rings. The Morgan fingerprint density at radius 3 is 2.59 bits per heavy atom. The highest BCUT2D eigenvalue weighted by molar-refractivity contribution is 5.69. The molecule has 2 aromatic rings. The molecule has 0 atom stereocenters. The number of hydrogen-bond acceptors (Lipinski definition) is 2. The molecule has 0 aliphatic rings. The van der Waals surface area contributed by atoms with Gasteiger partial charge in [-0.2, -0.15) is 0 Å². The molecule has 0 unspecified atom stereocenters. The van der Waals surface area contributed by atoms with Crippen LogP contribution in [0.5, 0.6) is 0 Å². The monoisotopic (exact) mass is 224 g/mol. The molecule has 0 aliphatic heterocycles. The van der Waals surface area contributed by atoms with Crippen LogP contribution >= 0.6 is 0 Å². The van der Waals surface area contributed by atoms with E-state index in [-0.39, 0.29) is 0 Å². The SMILES string of the molecule is CCc1cnc(C)nc1C=Cc1ccccc1. The Bertz CT molecular complexity index is 516. The standard InChI is InChI=1S/C15H16N2/c1-3-14-11-16-12(2)17-15(14)10-9-13-7-5-4-6-8-13/h4-11H,3H2,1-2H3. The quantitative estimate of drug-likeness (QED) is 0.797. The van der Waals surface area contributed by atoms with Gasteiger partial charge in [-0.25, -0.2) is 9.97 Å². The van der Waals surface area contributed by atoms with E-state index < -0.39 is 0 Å². The van der Waals surface area contributed by atoms with E-state index in [4.69, 9.17) is 0 Å². The molecule has 1 aromatic heterocycles.